The zero-order valence-corrected chi connectivity index (χ0v) is 19.8. The van der Waals surface area contributed by atoms with Crippen molar-refractivity contribution < 1.29 is 4.74 Å². The van der Waals surface area contributed by atoms with Crippen molar-refractivity contribution in [2.75, 3.05) is 44.7 Å². The summed E-state index contributed by atoms with van der Waals surface area (Å²) in [4.78, 5) is 7.29. The van der Waals surface area contributed by atoms with Gasteiger partial charge in [-0.3, -0.25) is 4.99 Å². The van der Waals surface area contributed by atoms with Gasteiger partial charge in [-0.15, -0.1) is 24.0 Å². The summed E-state index contributed by atoms with van der Waals surface area (Å²) >= 11 is 0. The van der Waals surface area contributed by atoms with Crippen molar-refractivity contribution in [2.24, 2.45) is 10.9 Å². The number of rotatable bonds is 8. The fourth-order valence-corrected chi connectivity index (χ4v) is 3.64. The van der Waals surface area contributed by atoms with Gasteiger partial charge in [-0.25, -0.2) is 0 Å². The molecule has 0 spiro atoms. The smallest absolute Gasteiger partial charge is 0.191 e. The van der Waals surface area contributed by atoms with Gasteiger partial charge in [-0.1, -0.05) is 36.4 Å². The highest BCUT2D eigenvalue weighted by atomic mass is 127. The second-order valence-corrected chi connectivity index (χ2v) is 7.14. The second kappa shape index (κ2) is 12.6. The molecule has 6 heteroatoms. The first-order valence-corrected chi connectivity index (χ1v) is 10.2. The highest BCUT2D eigenvalue weighted by molar-refractivity contribution is 14.0. The molecule has 1 unspecified atom stereocenters. The molecule has 1 atom stereocenters. The molecule has 0 radical (unpaired) electrons. The fourth-order valence-electron chi connectivity index (χ4n) is 3.64. The zero-order chi connectivity index (χ0) is 19.6. The molecule has 0 aromatic heterocycles. The monoisotopic (exact) mass is 508 g/mol. The number of nitrogens with one attached hydrogen (secondary N) is 2. The molecule has 29 heavy (non-hydrogen) atoms. The third kappa shape index (κ3) is 7.10. The average molecular weight is 508 g/mol. The maximum atomic E-state index is 5.43. The summed E-state index contributed by atoms with van der Waals surface area (Å²) in [5.41, 5.74) is 2.53. The SMILES string of the molecule is CCNC(=NCC1CCN(c2ccccc2)C1)NCCc1ccccc1OC.I. The third-order valence-electron chi connectivity index (χ3n) is 5.14. The van der Waals surface area contributed by atoms with Crippen LogP contribution in [0.3, 0.4) is 0 Å². The van der Waals surface area contributed by atoms with Gasteiger partial charge in [0.15, 0.2) is 5.96 Å². The van der Waals surface area contributed by atoms with Crippen LogP contribution in [0.2, 0.25) is 0 Å². The van der Waals surface area contributed by atoms with Gasteiger partial charge in [0.25, 0.3) is 0 Å². The minimum atomic E-state index is 0. The number of methoxy groups -OCH3 is 1. The standard InChI is InChI=1S/C23H32N4O.HI/c1-3-24-23(25-15-13-20-9-7-8-12-22(20)28-2)26-17-19-14-16-27(18-19)21-10-5-4-6-11-21;/h4-12,19H,3,13-18H2,1-2H3,(H2,24,25,26);1H. The summed E-state index contributed by atoms with van der Waals surface area (Å²) in [6.45, 7) is 6.84. The number of para-hydroxylation sites is 2. The lowest BCUT2D eigenvalue weighted by Crippen LogP contribution is -2.38. The summed E-state index contributed by atoms with van der Waals surface area (Å²) in [5.74, 6) is 2.44. The number of hydrogen-bond acceptors (Lipinski definition) is 3. The van der Waals surface area contributed by atoms with Gasteiger partial charge >= 0.3 is 0 Å². The molecule has 1 aliphatic rings. The maximum Gasteiger partial charge on any atom is 0.191 e. The Labute approximate surface area is 192 Å². The van der Waals surface area contributed by atoms with Crippen LogP contribution in [-0.2, 0) is 6.42 Å². The summed E-state index contributed by atoms with van der Waals surface area (Å²) in [6.07, 6.45) is 2.10. The highest BCUT2D eigenvalue weighted by Crippen LogP contribution is 2.23. The molecule has 5 nitrogen and oxygen atoms in total. The molecule has 158 valence electrons. The van der Waals surface area contributed by atoms with Crippen molar-refractivity contribution in [3.05, 3.63) is 60.2 Å². The lowest BCUT2D eigenvalue weighted by atomic mass is 10.1. The van der Waals surface area contributed by atoms with Crippen LogP contribution in [0, 0.1) is 5.92 Å². The molecular formula is C23H33IN4O. The third-order valence-corrected chi connectivity index (χ3v) is 5.14. The van der Waals surface area contributed by atoms with Gasteiger partial charge in [-0.05, 0) is 49.4 Å². The molecule has 1 fully saturated rings. The molecule has 3 rings (SSSR count). The van der Waals surface area contributed by atoms with Crippen molar-refractivity contribution >= 4 is 35.6 Å². The minimum Gasteiger partial charge on any atom is -0.496 e. The van der Waals surface area contributed by atoms with Crippen LogP contribution in [0.1, 0.15) is 18.9 Å². The van der Waals surface area contributed by atoms with Crippen molar-refractivity contribution in [2.45, 2.75) is 19.8 Å². The van der Waals surface area contributed by atoms with Crippen LogP contribution in [0.15, 0.2) is 59.6 Å². The predicted octanol–water partition coefficient (Wildman–Crippen LogP) is 3.94. The van der Waals surface area contributed by atoms with Crippen molar-refractivity contribution in [1.82, 2.24) is 10.6 Å². The Balaban J connectivity index is 0.00000300. The normalized spacial score (nSPS) is 16.3. The molecule has 0 aliphatic carbocycles. The van der Waals surface area contributed by atoms with E-state index in [0.717, 1.165) is 50.9 Å². The lowest BCUT2D eigenvalue weighted by Gasteiger charge is -2.18. The van der Waals surface area contributed by atoms with Gasteiger partial charge in [-0.2, -0.15) is 0 Å². The van der Waals surface area contributed by atoms with Crippen LogP contribution >= 0.6 is 24.0 Å². The Hall–Kier alpha value is -1.96. The van der Waals surface area contributed by atoms with Crippen LogP contribution in [0.25, 0.3) is 0 Å². The first-order valence-electron chi connectivity index (χ1n) is 10.2. The number of aliphatic imine (C=N–C) groups is 1. The zero-order valence-electron chi connectivity index (χ0n) is 17.4. The van der Waals surface area contributed by atoms with Gasteiger partial charge in [0.05, 0.1) is 7.11 Å². The molecular weight excluding hydrogens is 475 g/mol. The Morgan fingerprint density at radius 1 is 1.10 bits per heavy atom. The number of nitrogens with zero attached hydrogens (tertiary/aromatic N) is 2. The van der Waals surface area contributed by atoms with E-state index in [-0.39, 0.29) is 24.0 Å². The largest absolute Gasteiger partial charge is 0.496 e. The van der Waals surface area contributed by atoms with Gasteiger partial charge in [0.1, 0.15) is 5.75 Å². The predicted molar refractivity (Wildman–Crippen MR) is 133 cm³/mol. The molecule has 0 saturated carbocycles. The Kier molecular flexibility index (Phi) is 10.1. The van der Waals surface area contributed by atoms with E-state index in [1.54, 1.807) is 7.11 Å². The molecule has 1 saturated heterocycles. The van der Waals surface area contributed by atoms with E-state index >= 15 is 0 Å². The second-order valence-electron chi connectivity index (χ2n) is 7.14. The Morgan fingerprint density at radius 2 is 1.86 bits per heavy atom. The lowest BCUT2D eigenvalue weighted by molar-refractivity contribution is 0.409. The number of hydrogen-bond donors (Lipinski definition) is 2. The van der Waals surface area contributed by atoms with Crippen LogP contribution in [0.5, 0.6) is 5.75 Å². The van der Waals surface area contributed by atoms with E-state index in [9.17, 15) is 0 Å². The number of ether oxygens (including phenoxy) is 1. The first kappa shape index (κ1) is 23.3. The van der Waals surface area contributed by atoms with E-state index in [1.165, 1.54) is 17.7 Å². The summed E-state index contributed by atoms with van der Waals surface area (Å²) < 4.78 is 5.43. The topological polar surface area (TPSA) is 48.9 Å². The van der Waals surface area contributed by atoms with Gasteiger partial charge in [0, 0.05) is 38.4 Å². The molecule has 1 heterocycles. The van der Waals surface area contributed by atoms with Crippen LogP contribution in [-0.4, -0.2) is 45.8 Å². The number of guanidine groups is 1. The maximum absolute atomic E-state index is 5.43. The van der Waals surface area contributed by atoms with E-state index in [4.69, 9.17) is 9.73 Å². The quantitative estimate of drug-likeness (QED) is 0.322. The molecule has 0 bridgehead atoms. The summed E-state index contributed by atoms with van der Waals surface area (Å²) in [7, 11) is 1.72. The number of anilines is 1. The fraction of sp³-hybridized carbons (Fsp3) is 0.435. The van der Waals surface area contributed by atoms with Crippen LogP contribution in [0.4, 0.5) is 5.69 Å². The van der Waals surface area contributed by atoms with Crippen molar-refractivity contribution in [3.8, 4) is 5.75 Å². The average Bonchev–Trinajstić information content (AvgIpc) is 3.22. The Morgan fingerprint density at radius 3 is 2.62 bits per heavy atom. The molecule has 2 N–H and O–H groups in total. The van der Waals surface area contributed by atoms with Crippen molar-refractivity contribution in [1.29, 1.82) is 0 Å². The van der Waals surface area contributed by atoms with E-state index in [0.29, 0.717) is 5.92 Å². The van der Waals surface area contributed by atoms with Crippen molar-refractivity contribution in [3.63, 3.8) is 0 Å². The highest BCUT2D eigenvalue weighted by Gasteiger charge is 2.22. The molecule has 1 aliphatic heterocycles. The number of benzene rings is 2. The molecule has 0 amide bonds. The van der Waals surface area contributed by atoms with Gasteiger partial charge in [0.2, 0.25) is 0 Å². The Bertz CT molecular complexity index is 754. The first-order chi connectivity index (χ1) is 13.8. The molecule has 2 aromatic rings. The molecule has 2 aromatic carbocycles. The number of halogens is 1. The van der Waals surface area contributed by atoms with E-state index < -0.39 is 0 Å². The van der Waals surface area contributed by atoms with Crippen LogP contribution < -0.4 is 20.3 Å². The summed E-state index contributed by atoms with van der Waals surface area (Å²) in [5, 5.41) is 6.82. The van der Waals surface area contributed by atoms with E-state index in [2.05, 4.69) is 64.9 Å². The summed E-state index contributed by atoms with van der Waals surface area (Å²) in [6, 6.07) is 18.8. The minimum absolute atomic E-state index is 0. The van der Waals surface area contributed by atoms with E-state index in [1.807, 2.05) is 12.1 Å². The van der Waals surface area contributed by atoms with Gasteiger partial charge < -0.3 is 20.3 Å².